The Morgan fingerprint density at radius 2 is 2.00 bits per heavy atom. The zero-order valence-corrected chi connectivity index (χ0v) is 16.6. The van der Waals surface area contributed by atoms with Crippen LogP contribution in [0.3, 0.4) is 0 Å². The van der Waals surface area contributed by atoms with Crippen LogP contribution in [0.4, 0.5) is 10.1 Å². The number of carbonyl (C=O) groups excluding carboxylic acids is 1. The highest BCUT2D eigenvalue weighted by molar-refractivity contribution is 6.03. The smallest absolute Gasteiger partial charge is 0.248 e. The SMILES string of the molecule is CC(CC(=N)c1nc2cc(NC(=O)C=Cc3ccc(F)cc3)ccc2o1)N(C)C. The minimum atomic E-state index is -0.323. The minimum Gasteiger partial charge on any atom is -0.435 e. The van der Waals surface area contributed by atoms with E-state index in [-0.39, 0.29) is 23.7 Å². The van der Waals surface area contributed by atoms with Crippen molar-refractivity contribution in [2.75, 3.05) is 19.4 Å². The molecule has 0 aliphatic carbocycles. The van der Waals surface area contributed by atoms with Crippen LogP contribution in [0.1, 0.15) is 24.8 Å². The molecule has 1 amide bonds. The Morgan fingerprint density at radius 3 is 2.69 bits per heavy atom. The number of nitrogens with one attached hydrogen (secondary N) is 2. The van der Waals surface area contributed by atoms with E-state index in [1.54, 1.807) is 36.4 Å². The molecule has 150 valence electrons. The summed E-state index contributed by atoms with van der Waals surface area (Å²) in [4.78, 5) is 18.5. The molecule has 3 aromatic rings. The molecule has 1 atom stereocenters. The largest absolute Gasteiger partial charge is 0.435 e. The zero-order chi connectivity index (χ0) is 21.0. The van der Waals surface area contributed by atoms with Crippen LogP contribution in [0, 0.1) is 11.2 Å². The molecule has 29 heavy (non-hydrogen) atoms. The van der Waals surface area contributed by atoms with E-state index in [4.69, 9.17) is 9.83 Å². The number of anilines is 1. The minimum absolute atomic E-state index is 0.195. The average Bonchev–Trinajstić information content (AvgIpc) is 3.11. The Morgan fingerprint density at radius 1 is 1.28 bits per heavy atom. The van der Waals surface area contributed by atoms with E-state index in [2.05, 4.69) is 10.3 Å². The highest BCUT2D eigenvalue weighted by atomic mass is 19.1. The first-order valence-corrected chi connectivity index (χ1v) is 9.21. The third-order valence-electron chi connectivity index (χ3n) is 4.59. The second kappa shape index (κ2) is 8.79. The van der Waals surface area contributed by atoms with Crippen molar-refractivity contribution < 1.29 is 13.6 Å². The molecular weight excluding hydrogens is 371 g/mol. The van der Waals surface area contributed by atoms with E-state index >= 15 is 0 Å². The molecule has 0 saturated heterocycles. The number of fused-ring (bicyclic) bond motifs is 1. The maximum atomic E-state index is 12.9. The quantitative estimate of drug-likeness (QED) is 0.462. The fourth-order valence-corrected chi connectivity index (χ4v) is 2.63. The van der Waals surface area contributed by atoms with Crippen molar-refractivity contribution in [3.63, 3.8) is 0 Å². The lowest BCUT2D eigenvalue weighted by Crippen LogP contribution is -2.27. The summed E-state index contributed by atoms with van der Waals surface area (Å²) < 4.78 is 18.6. The summed E-state index contributed by atoms with van der Waals surface area (Å²) in [6.45, 7) is 2.03. The molecule has 1 heterocycles. The molecule has 0 fully saturated rings. The van der Waals surface area contributed by atoms with Crippen LogP contribution < -0.4 is 5.32 Å². The second-order valence-corrected chi connectivity index (χ2v) is 7.07. The Bertz CT molecular complexity index is 1050. The standard InChI is InChI=1S/C22H23FN4O2/c1-14(27(2)3)12-18(24)22-26-19-13-17(9-10-20(19)29-22)25-21(28)11-6-15-4-7-16(23)8-5-15/h4-11,13-14,24H,12H2,1-3H3,(H,25,28). The van der Waals surface area contributed by atoms with E-state index in [1.807, 2.05) is 25.9 Å². The first kappa shape index (κ1) is 20.4. The Labute approximate surface area is 168 Å². The van der Waals surface area contributed by atoms with E-state index < -0.39 is 0 Å². The Kier molecular flexibility index (Phi) is 6.19. The number of aromatic nitrogens is 1. The number of nitrogens with zero attached hydrogens (tertiary/aromatic N) is 2. The van der Waals surface area contributed by atoms with Crippen LogP contribution in [0.2, 0.25) is 0 Å². The molecule has 1 aromatic heterocycles. The number of carbonyl (C=O) groups is 1. The summed E-state index contributed by atoms with van der Waals surface area (Å²) in [7, 11) is 3.92. The van der Waals surface area contributed by atoms with E-state index in [0.717, 1.165) is 5.56 Å². The monoisotopic (exact) mass is 394 g/mol. The number of hydrogen-bond donors (Lipinski definition) is 2. The lowest BCUT2D eigenvalue weighted by Gasteiger charge is -2.18. The molecule has 6 nitrogen and oxygen atoms in total. The van der Waals surface area contributed by atoms with Gasteiger partial charge in [-0.1, -0.05) is 12.1 Å². The van der Waals surface area contributed by atoms with Gasteiger partial charge in [0, 0.05) is 24.2 Å². The maximum absolute atomic E-state index is 12.9. The number of rotatable bonds is 7. The predicted octanol–water partition coefficient (Wildman–Crippen LogP) is 4.33. The van der Waals surface area contributed by atoms with E-state index in [1.165, 1.54) is 18.2 Å². The van der Waals surface area contributed by atoms with Crippen molar-refractivity contribution in [1.29, 1.82) is 5.41 Å². The van der Waals surface area contributed by atoms with Crippen molar-refractivity contribution >= 4 is 34.5 Å². The summed E-state index contributed by atoms with van der Waals surface area (Å²) >= 11 is 0. The highest BCUT2D eigenvalue weighted by Crippen LogP contribution is 2.21. The molecule has 7 heteroatoms. The molecule has 0 bridgehead atoms. The summed E-state index contributed by atoms with van der Waals surface area (Å²) in [6, 6.07) is 11.2. The Balaban J connectivity index is 1.68. The lowest BCUT2D eigenvalue weighted by molar-refractivity contribution is -0.111. The van der Waals surface area contributed by atoms with Crippen LogP contribution in [0.25, 0.3) is 17.2 Å². The van der Waals surface area contributed by atoms with Gasteiger partial charge in [0.2, 0.25) is 11.8 Å². The summed E-state index contributed by atoms with van der Waals surface area (Å²) in [5.74, 6) is -0.352. The van der Waals surface area contributed by atoms with Crippen molar-refractivity contribution in [1.82, 2.24) is 9.88 Å². The molecule has 2 N–H and O–H groups in total. The summed E-state index contributed by atoms with van der Waals surface area (Å²) in [5, 5.41) is 11.0. The molecule has 0 aliphatic heterocycles. The van der Waals surface area contributed by atoms with Crippen molar-refractivity contribution in [2.24, 2.45) is 0 Å². The number of benzene rings is 2. The normalized spacial score (nSPS) is 12.6. The van der Waals surface area contributed by atoms with Crippen molar-refractivity contribution in [3.05, 3.63) is 65.8 Å². The van der Waals surface area contributed by atoms with Gasteiger partial charge in [0.05, 0.1) is 5.71 Å². The van der Waals surface area contributed by atoms with Gasteiger partial charge in [-0.25, -0.2) is 9.37 Å². The molecule has 0 radical (unpaired) electrons. The molecule has 1 unspecified atom stereocenters. The van der Waals surface area contributed by atoms with Crippen molar-refractivity contribution in [3.8, 4) is 0 Å². The van der Waals surface area contributed by atoms with Crippen LogP contribution >= 0.6 is 0 Å². The fourth-order valence-electron chi connectivity index (χ4n) is 2.63. The predicted molar refractivity (Wildman–Crippen MR) is 113 cm³/mol. The molecular formula is C22H23FN4O2. The van der Waals surface area contributed by atoms with E-state index in [9.17, 15) is 9.18 Å². The molecule has 0 aliphatic rings. The van der Waals surface area contributed by atoms with Crippen molar-refractivity contribution in [2.45, 2.75) is 19.4 Å². The number of amides is 1. The molecule has 3 rings (SSSR count). The fraction of sp³-hybridized carbons (Fsp3) is 0.227. The summed E-state index contributed by atoms with van der Waals surface area (Å²) in [5.41, 5.74) is 2.75. The third kappa shape index (κ3) is 5.36. The maximum Gasteiger partial charge on any atom is 0.248 e. The first-order valence-electron chi connectivity index (χ1n) is 9.21. The Hall–Kier alpha value is -3.32. The van der Waals surface area contributed by atoms with Gasteiger partial charge >= 0.3 is 0 Å². The van der Waals surface area contributed by atoms with Gasteiger partial charge in [0.25, 0.3) is 0 Å². The van der Waals surface area contributed by atoms with Crippen LogP contribution in [0.15, 0.2) is 53.0 Å². The first-order chi connectivity index (χ1) is 13.8. The number of halogens is 1. The van der Waals surface area contributed by atoms with Gasteiger partial charge in [-0.2, -0.15) is 0 Å². The van der Waals surface area contributed by atoms with Gasteiger partial charge in [-0.3, -0.25) is 10.2 Å². The number of oxazole rings is 1. The molecule has 0 spiro atoms. The van der Waals surface area contributed by atoms with Crippen LogP contribution in [0.5, 0.6) is 0 Å². The molecule has 2 aromatic carbocycles. The lowest BCUT2D eigenvalue weighted by atomic mass is 10.1. The topological polar surface area (TPSA) is 82.2 Å². The van der Waals surface area contributed by atoms with Gasteiger partial charge in [-0.15, -0.1) is 0 Å². The highest BCUT2D eigenvalue weighted by Gasteiger charge is 2.15. The van der Waals surface area contributed by atoms with Gasteiger partial charge < -0.3 is 14.6 Å². The average molecular weight is 394 g/mol. The van der Waals surface area contributed by atoms with Gasteiger partial charge in [-0.05, 0) is 63.0 Å². The second-order valence-electron chi connectivity index (χ2n) is 7.07. The zero-order valence-electron chi connectivity index (χ0n) is 16.6. The number of hydrogen-bond acceptors (Lipinski definition) is 5. The third-order valence-corrected chi connectivity index (χ3v) is 4.59. The van der Waals surface area contributed by atoms with Gasteiger partial charge in [0.15, 0.2) is 5.58 Å². The molecule has 0 saturated carbocycles. The van der Waals surface area contributed by atoms with Gasteiger partial charge in [0.1, 0.15) is 11.3 Å². The van der Waals surface area contributed by atoms with Crippen LogP contribution in [-0.2, 0) is 4.79 Å². The van der Waals surface area contributed by atoms with E-state index in [0.29, 0.717) is 28.9 Å². The van der Waals surface area contributed by atoms with Crippen LogP contribution in [-0.4, -0.2) is 41.6 Å². The summed E-state index contributed by atoms with van der Waals surface area (Å²) in [6.07, 6.45) is 3.51.